The maximum absolute atomic E-state index is 14.3. The number of carbonyl (C=O) groups is 3. The van der Waals surface area contributed by atoms with Crippen LogP contribution < -0.4 is 0 Å². The van der Waals surface area contributed by atoms with Crippen LogP contribution in [0.3, 0.4) is 0 Å². The molecule has 0 spiro atoms. The number of hydrogen-bond acceptors (Lipinski definition) is 23. The van der Waals surface area contributed by atoms with E-state index in [4.69, 9.17) is 42.2 Å². The molecule has 536 valence electrons. The maximum atomic E-state index is 14.3. The third-order valence-electron chi connectivity index (χ3n) is 17.6. The Morgan fingerprint density at radius 3 is 1.08 bits per heavy atom. The van der Waals surface area contributed by atoms with Crippen molar-refractivity contribution in [1.29, 1.82) is 0 Å². The van der Waals surface area contributed by atoms with Gasteiger partial charge in [0.25, 0.3) is 0 Å². The predicted octanol–water partition coefficient (Wildman–Crippen LogP) is 8.23. The molecule has 0 bridgehead atoms. The van der Waals surface area contributed by atoms with Crippen molar-refractivity contribution in [3.05, 3.63) is 0 Å². The van der Waals surface area contributed by atoms with Crippen molar-refractivity contribution in [3.8, 4) is 0 Å². The minimum absolute atomic E-state index is 0.0326. The van der Waals surface area contributed by atoms with Crippen molar-refractivity contribution in [1.82, 2.24) is 0 Å². The largest absolute Gasteiger partial charge is 0.472 e. The fourth-order valence-electron chi connectivity index (χ4n) is 11.8. The SMILES string of the molecule is CCCCCCCCCCCCCCCCC(=O)OC(COC(=O)CCCCCCCCCCCCC)COP(=O)(O)OC1C(OC2OC(CO)C(O)C(O)C2O)C(O)C(O)C(O)C1OC1OC(COC(=O)CCCCCCCCCCCCC)C(O)C(O)C1O. The summed E-state index contributed by atoms with van der Waals surface area (Å²) in [6, 6.07) is 0. The Balaban J connectivity index is 1.77. The molecule has 1 aliphatic carbocycles. The number of phosphoric ester groups is 1. The van der Waals surface area contributed by atoms with Crippen LogP contribution in [0.5, 0.6) is 0 Å². The summed E-state index contributed by atoms with van der Waals surface area (Å²) in [7, 11) is -5.68. The molecule has 0 aromatic heterocycles. The third-order valence-corrected chi connectivity index (χ3v) is 18.6. The number of unbranched alkanes of at least 4 members (excludes halogenated alkanes) is 33. The van der Waals surface area contributed by atoms with Crippen molar-refractivity contribution < 1.29 is 117 Å². The molecule has 0 amide bonds. The first-order chi connectivity index (χ1) is 43.8. The molecule has 11 N–H and O–H groups in total. The summed E-state index contributed by atoms with van der Waals surface area (Å²) in [6.45, 7) is 3.41. The highest BCUT2D eigenvalue weighted by atomic mass is 31.2. The second kappa shape index (κ2) is 49.5. The molecule has 91 heavy (non-hydrogen) atoms. The van der Waals surface area contributed by atoms with Gasteiger partial charge in [0.2, 0.25) is 0 Å². The van der Waals surface area contributed by atoms with Gasteiger partial charge in [-0.1, -0.05) is 233 Å². The van der Waals surface area contributed by atoms with E-state index in [1.165, 1.54) is 116 Å². The Kier molecular flexibility index (Phi) is 45.2. The van der Waals surface area contributed by atoms with E-state index >= 15 is 0 Å². The smallest absolute Gasteiger partial charge is 0.463 e. The molecule has 0 aromatic rings. The molecule has 0 aromatic carbocycles. The van der Waals surface area contributed by atoms with Crippen LogP contribution in [0.2, 0.25) is 0 Å². The number of phosphoric acid groups is 1. The van der Waals surface area contributed by atoms with Crippen molar-refractivity contribution in [2.75, 3.05) is 26.4 Å². The number of aliphatic hydroxyl groups excluding tert-OH is 10. The summed E-state index contributed by atoms with van der Waals surface area (Å²) in [5, 5.41) is 110. The monoisotopic (exact) mass is 1330 g/mol. The van der Waals surface area contributed by atoms with Crippen LogP contribution in [0.1, 0.15) is 271 Å². The summed E-state index contributed by atoms with van der Waals surface area (Å²) in [5.41, 5.74) is 0. The Bertz CT molecular complexity index is 1910. The number of aliphatic hydroxyl groups is 10. The molecule has 0 radical (unpaired) electrons. The molecule has 3 fully saturated rings. The molecule has 18 atom stereocenters. The lowest BCUT2D eigenvalue weighted by atomic mass is 9.84. The average molecular weight is 1330 g/mol. The van der Waals surface area contributed by atoms with Crippen LogP contribution >= 0.6 is 7.82 Å². The third kappa shape index (κ3) is 33.7. The van der Waals surface area contributed by atoms with Gasteiger partial charge in [-0.25, -0.2) is 4.57 Å². The normalized spacial score (nSPS) is 28.8. The first-order valence-electron chi connectivity index (χ1n) is 35.3. The van der Waals surface area contributed by atoms with Crippen LogP contribution in [-0.2, 0) is 61.2 Å². The Morgan fingerprint density at radius 1 is 0.385 bits per heavy atom. The van der Waals surface area contributed by atoms with E-state index in [2.05, 4.69) is 20.8 Å². The van der Waals surface area contributed by atoms with Gasteiger partial charge >= 0.3 is 25.7 Å². The van der Waals surface area contributed by atoms with Gasteiger partial charge < -0.3 is 89.1 Å². The van der Waals surface area contributed by atoms with Gasteiger partial charge in [0.05, 0.1) is 13.2 Å². The molecule has 18 unspecified atom stereocenters. The quantitative estimate of drug-likeness (QED) is 0.0118. The number of esters is 3. The summed E-state index contributed by atoms with van der Waals surface area (Å²) in [6.07, 6.45) is 3.54. The van der Waals surface area contributed by atoms with Gasteiger partial charge in [-0.05, 0) is 19.3 Å². The van der Waals surface area contributed by atoms with E-state index in [9.17, 15) is 74.9 Å². The maximum Gasteiger partial charge on any atom is 0.472 e. The van der Waals surface area contributed by atoms with Gasteiger partial charge in [0.1, 0.15) is 98.7 Å². The highest BCUT2D eigenvalue weighted by molar-refractivity contribution is 7.47. The van der Waals surface area contributed by atoms with Gasteiger partial charge in [-0.3, -0.25) is 23.4 Å². The Labute approximate surface area is 542 Å². The first-order valence-corrected chi connectivity index (χ1v) is 36.8. The highest BCUT2D eigenvalue weighted by Gasteiger charge is 2.58. The molecule has 1 saturated carbocycles. The minimum Gasteiger partial charge on any atom is -0.463 e. The summed E-state index contributed by atoms with van der Waals surface area (Å²) < 4.78 is 64.8. The summed E-state index contributed by atoms with van der Waals surface area (Å²) in [4.78, 5) is 50.8. The number of hydrogen-bond donors (Lipinski definition) is 11. The lowest BCUT2D eigenvalue weighted by Gasteiger charge is -2.49. The van der Waals surface area contributed by atoms with Crippen molar-refractivity contribution in [2.24, 2.45) is 0 Å². The second-order valence-electron chi connectivity index (χ2n) is 25.6. The van der Waals surface area contributed by atoms with Crippen LogP contribution in [0, 0.1) is 0 Å². The second-order valence-corrected chi connectivity index (χ2v) is 27.0. The number of rotatable bonds is 54. The minimum atomic E-state index is -5.68. The number of ether oxygens (including phenoxy) is 7. The van der Waals surface area contributed by atoms with Crippen molar-refractivity contribution >= 4 is 25.7 Å². The molecule has 3 rings (SSSR count). The van der Waals surface area contributed by atoms with Gasteiger partial charge in [0.15, 0.2) is 18.7 Å². The van der Waals surface area contributed by atoms with E-state index in [0.29, 0.717) is 19.3 Å². The molecule has 2 heterocycles. The highest BCUT2D eigenvalue weighted by Crippen LogP contribution is 2.49. The average Bonchev–Trinajstić information content (AvgIpc) is 0.783. The zero-order chi connectivity index (χ0) is 66.8. The first kappa shape index (κ1) is 83.2. The number of carbonyl (C=O) groups excluding carboxylic acids is 3. The van der Waals surface area contributed by atoms with Crippen molar-refractivity contribution in [3.63, 3.8) is 0 Å². The molecule has 25 heteroatoms. The van der Waals surface area contributed by atoms with Crippen LogP contribution in [0.4, 0.5) is 0 Å². The van der Waals surface area contributed by atoms with E-state index in [1.807, 2.05) is 0 Å². The fourth-order valence-corrected chi connectivity index (χ4v) is 12.8. The Morgan fingerprint density at radius 2 is 0.703 bits per heavy atom. The summed E-state index contributed by atoms with van der Waals surface area (Å²) in [5.74, 6) is -1.98. The molecule has 24 nitrogen and oxygen atoms in total. The van der Waals surface area contributed by atoms with Crippen molar-refractivity contribution in [2.45, 2.75) is 375 Å². The van der Waals surface area contributed by atoms with Gasteiger partial charge in [-0.15, -0.1) is 0 Å². The molecule has 3 aliphatic rings. The predicted molar refractivity (Wildman–Crippen MR) is 338 cm³/mol. The van der Waals surface area contributed by atoms with Gasteiger partial charge in [-0.2, -0.15) is 0 Å². The molecule has 2 saturated heterocycles. The van der Waals surface area contributed by atoms with Crippen LogP contribution in [0.15, 0.2) is 0 Å². The standard InChI is InChI=1S/C66H123O24P/c1-4-7-10-13-16-19-22-23-24-27-30-33-36-39-42-52(70)85-47(44-82-50(68)40-37-34-31-28-25-20-17-14-11-8-5-2)45-84-91(80,81)90-64-62(88-65-60(78)55(73)53(71)48(43-67)86-65)58(76)57(75)59(77)63(64)89-66-61(79)56(74)54(72)49(87-66)46-83-51(69)41-38-35-32-29-26-21-18-15-12-9-6-3/h47-49,53-67,71-79H,4-46H2,1-3H3,(H,80,81). The lowest BCUT2D eigenvalue weighted by molar-refractivity contribution is -0.360. The van der Waals surface area contributed by atoms with Crippen LogP contribution in [0.25, 0.3) is 0 Å². The topological polar surface area (TPSA) is 374 Å². The molecule has 2 aliphatic heterocycles. The molecular weight excluding hydrogens is 1210 g/mol. The van der Waals surface area contributed by atoms with E-state index in [0.717, 1.165) is 96.3 Å². The lowest BCUT2D eigenvalue weighted by Crippen LogP contribution is -2.69. The van der Waals surface area contributed by atoms with E-state index < -0.39 is 156 Å². The fraction of sp³-hybridized carbons (Fsp3) is 0.955. The zero-order valence-corrected chi connectivity index (χ0v) is 56.3. The molecular formula is C66H123O24P. The zero-order valence-electron chi connectivity index (χ0n) is 55.4. The summed E-state index contributed by atoms with van der Waals surface area (Å²) >= 11 is 0. The Hall–Kier alpha value is -2.04. The van der Waals surface area contributed by atoms with Crippen LogP contribution in [-0.4, -0.2) is 204 Å². The van der Waals surface area contributed by atoms with E-state index in [1.54, 1.807) is 0 Å². The van der Waals surface area contributed by atoms with E-state index in [-0.39, 0.29) is 19.3 Å². The van der Waals surface area contributed by atoms with Gasteiger partial charge in [0, 0.05) is 19.3 Å².